The van der Waals surface area contributed by atoms with Gasteiger partial charge in [0.2, 0.25) is 0 Å². The fraction of sp³-hybridized carbons (Fsp3) is 0.500. The van der Waals surface area contributed by atoms with Gasteiger partial charge in [0, 0.05) is 11.9 Å². The zero-order chi connectivity index (χ0) is 7.15. The van der Waals surface area contributed by atoms with Crippen molar-refractivity contribution in [3.63, 3.8) is 0 Å². The van der Waals surface area contributed by atoms with Crippen molar-refractivity contribution in [3.8, 4) is 0 Å². The van der Waals surface area contributed by atoms with Crippen LogP contribution >= 0.6 is 0 Å². The normalized spacial score (nSPS) is 5.00. The van der Waals surface area contributed by atoms with Crippen molar-refractivity contribution in [2.45, 2.75) is 13.8 Å². The molecule has 0 aliphatic rings. The zero-order valence-electron chi connectivity index (χ0n) is 5.27. The number of hydrogen-bond donors (Lipinski definition) is 0. The molecule has 0 aliphatic heterocycles. The van der Waals surface area contributed by atoms with E-state index in [9.17, 15) is 0 Å². The maximum Gasteiger partial charge on any atom is 2.00 e. The molecule has 64 valence electrons. The van der Waals surface area contributed by atoms with Crippen LogP contribution < -0.4 is 10.2 Å². The second kappa shape index (κ2) is 16.0. The molecule has 0 heterocycles. The summed E-state index contributed by atoms with van der Waals surface area (Å²) in [6.45, 7) is 1.94. The van der Waals surface area contributed by atoms with E-state index in [1.54, 1.807) is 0 Å². The summed E-state index contributed by atoms with van der Waals surface area (Å²) in [5, 5.41) is 17.8. The van der Waals surface area contributed by atoms with E-state index in [1.165, 1.54) is 0 Å². The maximum absolute atomic E-state index is 8.89. The largest absolute Gasteiger partial charge is 2.00 e. The van der Waals surface area contributed by atoms with E-state index < -0.39 is 11.9 Å². The van der Waals surface area contributed by atoms with Crippen LogP contribution in [0.4, 0.5) is 0 Å². The average Bonchev–Trinajstić information content (AvgIpc) is 1.25. The molecule has 0 radical (unpaired) electrons. The van der Waals surface area contributed by atoms with Gasteiger partial charge in [-0.1, -0.05) is 0 Å². The summed E-state index contributed by atoms with van der Waals surface area (Å²) in [6.07, 6.45) is 0. The summed E-state index contributed by atoms with van der Waals surface area (Å²) in [7, 11) is 0. The van der Waals surface area contributed by atoms with Crippen molar-refractivity contribution in [1.29, 1.82) is 0 Å². The van der Waals surface area contributed by atoms with Crippen molar-refractivity contribution in [3.05, 3.63) is 0 Å². The molecule has 0 saturated heterocycles. The predicted molar refractivity (Wildman–Crippen MR) is 21.4 cm³/mol. The molecule has 0 aromatic carbocycles. The Bertz CT molecular complexity index is 73.3. The molecule has 0 unspecified atom stereocenters. The second-order valence-electron chi connectivity index (χ2n) is 0.983. The smallest absolute Gasteiger partial charge is 0.550 e. The van der Waals surface area contributed by atoms with Crippen LogP contribution in [0.1, 0.15) is 13.8 Å². The van der Waals surface area contributed by atoms with Crippen LogP contribution in [0.3, 0.4) is 0 Å². The molecule has 6 heteroatoms. The molecule has 0 aromatic rings. The molecule has 0 atom stereocenters. The molecule has 0 aliphatic carbocycles. The topological polar surface area (TPSA) is 80.3 Å². The van der Waals surface area contributed by atoms with Crippen molar-refractivity contribution in [2.24, 2.45) is 0 Å². The Morgan fingerprint density at radius 1 is 0.900 bits per heavy atom. The van der Waals surface area contributed by atoms with E-state index in [4.69, 9.17) is 19.8 Å². The number of carboxylic acid groups (broad SMARTS) is 2. The number of rotatable bonds is 0. The Labute approximate surface area is 78.8 Å². The van der Waals surface area contributed by atoms with Gasteiger partial charge < -0.3 is 19.8 Å². The summed E-state index contributed by atoms with van der Waals surface area (Å²) in [4.78, 5) is 17.8. The van der Waals surface area contributed by atoms with Crippen molar-refractivity contribution in [2.75, 3.05) is 0 Å². The monoisotopic (exact) mass is 234 g/mol. The summed E-state index contributed by atoms with van der Waals surface area (Å²) >= 11 is 0. The van der Waals surface area contributed by atoms with Crippen LogP contribution in [-0.2, 0) is 42.6 Å². The Hall–Kier alpha value is -0.0730. The van der Waals surface area contributed by atoms with E-state index >= 15 is 0 Å². The van der Waals surface area contributed by atoms with Crippen LogP contribution in [0.2, 0.25) is 0 Å². The van der Waals surface area contributed by atoms with Crippen LogP contribution in [-0.4, -0.2) is 11.9 Å². The van der Waals surface area contributed by atoms with Gasteiger partial charge in [-0.2, -0.15) is 0 Å². The third-order valence-corrected chi connectivity index (χ3v) is 0. The number of carboxylic acids is 2. The van der Waals surface area contributed by atoms with E-state index in [2.05, 4.69) is 0 Å². The van der Waals surface area contributed by atoms with Crippen molar-refractivity contribution < 1.29 is 52.8 Å². The molecule has 0 saturated carbocycles. The Kier molecular flexibility index (Phi) is 36.0. The van der Waals surface area contributed by atoms with E-state index in [0.717, 1.165) is 13.8 Å². The van der Waals surface area contributed by atoms with E-state index in [1.807, 2.05) is 0 Å². The van der Waals surface area contributed by atoms with Crippen LogP contribution in [0.25, 0.3) is 0 Å². The molecule has 0 amide bonds. The minimum absolute atomic E-state index is 0. The van der Waals surface area contributed by atoms with E-state index in [0.29, 0.717) is 0 Å². The number of carbonyl (C=O) groups excluding carboxylic acids is 2. The first kappa shape index (κ1) is 22.5. The minimum atomic E-state index is -1.08. The first-order chi connectivity index (χ1) is 3.46. The second-order valence-corrected chi connectivity index (χ2v) is 0.983. The molecular formula is C4H6Ni2O4+2. The fourth-order valence-corrected chi connectivity index (χ4v) is 0. The standard InChI is InChI=1S/2C2H4O2.2Ni/c2*1-2(3)4;;/h2*1H3,(H,3,4);;/q;;2*+2/p-2. The minimum Gasteiger partial charge on any atom is -0.550 e. The first-order valence-corrected chi connectivity index (χ1v) is 1.82. The SMILES string of the molecule is CC(=O)[O-].CC(=O)[O-].[Ni+2].[Ni+2]. The van der Waals surface area contributed by atoms with Gasteiger partial charge in [0.15, 0.2) is 0 Å². The first-order valence-electron chi connectivity index (χ1n) is 1.82. The third kappa shape index (κ3) is 71400. The maximum atomic E-state index is 8.89. The number of carbonyl (C=O) groups is 2. The molecule has 0 fully saturated rings. The summed E-state index contributed by atoms with van der Waals surface area (Å²) < 4.78 is 0. The zero-order valence-corrected chi connectivity index (χ0v) is 7.24. The molecule has 0 rings (SSSR count). The van der Waals surface area contributed by atoms with Gasteiger partial charge in [-0.3, -0.25) is 0 Å². The Balaban J connectivity index is -0.0000000300. The van der Waals surface area contributed by atoms with Gasteiger partial charge >= 0.3 is 33.0 Å². The van der Waals surface area contributed by atoms with Gasteiger partial charge in [-0.15, -0.1) is 0 Å². The van der Waals surface area contributed by atoms with Crippen LogP contribution in [0, 0.1) is 0 Å². The Morgan fingerprint density at radius 3 is 0.900 bits per heavy atom. The fourth-order valence-electron chi connectivity index (χ4n) is 0. The summed E-state index contributed by atoms with van der Waals surface area (Å²) in [5.41, 5.74) is 0. The van der Waals surface area contributed by atoms with Gasteiger partial charge in [0.05, 0.1) is 0 Å². The molecule has 0 aromatic heterocycles. The molecular weight excluding hydrogens is 229 g/mol. The quantitative estimate of drug-likeness (QED) is 0.435. The number of hydrogen-bond acceptors (Lipinski definition) is 4. The Morgan fingerprint density at radius 2 is 0.900 bits per heavy atom. The van der Waals surface area contributed by atoms with Gasteiger partial charge in [-0.05, 0) is 13.8 Å². The average molecular weight is 235 g/mol. The molecule has 0 N–H and O–H groups in total. The summed E-state index contributed by atoms with van der Waals surface area (Å²) in [6, 6.07) is 0. The van der Waals surface area contributed by atoms with E-state index in [-0.39, 0.29) is 33.0 Å². The van der Waals surface area contributed by atoms with Crippen molar-refractivity contribution >= 4 is 11.9 Å². The number of aliphatic carboxylic acids is 2. The predicted octanol–water partition coefficient (Wildman–Crippen LogP) is -2.49. The van der Waals surface area contributed by atoms with Gasteiger partial charge in [0.25, 0.3) is 0 Å². The van der Waals surface area contributed by atoms with Crippen LogP contribution in [0.15, 0.2) is 0 Å². The third-order valence-electron chi connectivity index (χ3n) is 0. The molecule has 4 nitrogen and oxygen atoms in total. The molecule has 10 heavy (non-hydrogen) atoms. The van der Waals surface area contributed by atoms with Crippen molar-refractivity contribution in [1.82, 2.24) is 0 Å². The van der Waals surface area contributed by atoms with Crippen LogP contribution in [0.5, 0.6) is 0 Å². The van der Waals surface area contributed by atoms with Gasteiger partial charge in [0.1, 0.15) is 0 Å². The summed E-state index contributed by atoms with van der Waals surface area (Å²) in [5.74, 6) is -2.17. The molecule has 0 bridgehead atoms. The molecule has 0 spiro atoms. The van der Waals surface area contributed by atoms with Gasteiger partial charge in [-0.25, -0.2) is 0 Å².